The van der Waals surface area contributed by atoms with Crippen LogP contribution in [0, 0.1) is 0 Å². The van der Waals surface area contributed by atoms with E-state index in [0.717, 1.165) is 12.1 Å². The van der Waals surface area contributed by atoms with Crippen molar-refractivity contribution in [2.45, 2.75) is 83.7 Å². The van der Waals surface area contributed by atoms with Gasteiger partial charge in [0, 0.05) is 6.61 Å². The van der Waals surface area contributed by atoms with Crippen molar-refractivity contribution in [3.63, 3.8) is 0 Å². The van der Waals surface area contributed by atoms with E-state index in [4.69, 9.17) is 4.43 Å². The van der Waals surface area contributed by atoms with Gasteiger partial charge in [0.1, 0.15) is 0 Å². The summed E-state index contributed by atoms with van der Waals surface area (Å²) < 4.78 is 6.30. The summed E-state index contributed by atoms with van der Waals surface area (Å²) in [5.41, 5.74) is 0.817. The number of benzene rings is 1. The molecule has 1 atom stereocenters. The second kappa shape index (κ2) is 8.13. The lowest BCUT2D eigenvalue weighted by molar-refractivity contribution is 0.277. The highest BCUT2D eigenvalue weighted by atomic mass is 28.4. The fraction of sp³-hybridized carbons (Fsp3) is 0.700. The predicted octanol–water partition coefficient (Wildman–Crippen LogP) is 6.18. The molecule has 0 aromatic heterocycles. The van der Waals surface area contributed by atoms with Gasteiger partial charge in [-0.15, -0.1) is 0 Å². The minimum Gasteiger partial charge on any atom is -0.417 e. The quantitative estimate of drug-likeness (QED) is 0.401. The molecule has 0 saturated heterocycles. The van der Waals surface area contributed by atoms with E-state index >= 15 is 0 Å². The van der Waals surface area contributed by atoms with Gasteiger partial charge in [-0.05, 0) is 30.1 Å². The molecule has 0 fully saturated rings. The highest BCUT2D eigenvalue weighted by molar-refractivity contribution is 6.90. The molecule has 0 heterocycles. The van der Waals surface area contributed by atoms with Crippen LogP contribution in [0.25, 0.3) is 0 Å². The zero-order valence-corrected chi connectivity index (χ0v) is 18.7. The van der Waals surface area contributed by atoms with E-state index in [-0.39, 0.29) is 0 Å². The summed E-state index contributed by atoms with van der Waals surface area (Å²) in [7, 11) is -2.90. The normalized spacial score (nSPS) is 14.8. The molecule has 1 aromatic rings. The van der Waals surface area contributed by atoms with Crippen LogP contribution in [0.5, 0.6) is 0 Å². The molecule has 132 valence electrons. The molecule has 0 spiro atoms. The Morgan fingerprint density at radius 3 is 2.04 bits per heavy atom. The monoisotopic (exact) mass is 350 g/mol. The van der Waals surface area contributed by atoms with Gasteiger partial charge in [-0.3, -0.25) is 0 Å². The molecule has 23 heavy (non-hydrogen) atoms. The van der Waals surface area contributed by atoms with Gasteiger partial charge in [-0.1, -0.05) is 89.1 Å². The molecule has 0 saturated carbocycles. The average Bonchev–Trinajstić information content (AvgIpc) is 2.46. The zero-order valence-electron chi connectivity index (χ0n) is 16.7. The number of rotatable bonds is 8. The second-order valence-electron chi connectivity index (χ2n) is 9.09. The number of unbranched alkanes of at least 4 members (excludes halogenated alkanes) is 1. The SMILES string of the molecule is CC(CCCCO[Si](C)(C)C(C)(C)C)[Si](C)(C)c1ccccc1. The molecule has 0 amide bonds. The lowest BCUT2D eigenvalue weighted by atomic mass is 10.2. The molecule has 0 aliphatic rings. The van der Waals surface area contributed by atoms with Crippen molar-refractivity contribution in [1.82, 2.24) is 0 Å². The molecule has 3 heteroatoms. The van der Waals surface area contributed by atoms with E-state index < -0.39 is 16.4 Å². The van der Waals surface area contributed by atoms with Crippen molar-refractivity contribution in [3.8, 4) is 0 Å². The summed E-state index contributed by atoms with van der Waals surface area (Å²) in [6.07, 6.45) is 3.82. The lowest BCUT2D eigenvalue weighted by Crippen LogP contribution is -2.45. The van der Waals surface area contributed by atoms with Crippen LogP contribution >= 0.6 is 0 Å². The topological polar surface area (TPSA) is 9.23 Å². The van der Waals surface area contributed by atoms with Crippen LogP contribution in [-0.2, 0) is 4.43 Å². The third-order valence-electron chi connectivity index (χ3n) is 6.05. The van der Waals surface area contributed by atoms with Gasteiger partial charge >= 0.3 is 0 Å². The molecule has 1 nitrogen and oxygen atoms in total. The molecule has 0 aliphatic carbocycles. The molecule has 0 N–H and O–H groups in total. The van der Waals surface area contributed by atoms with Crippen LogP contribution in [0.4, 0.5) is 0 Å². The smallest absolute Gasteiger partial charge is 0.191 e. The summed E-state index contributed by atoms with van der Waals surface area (Å²) >= 11 is 0. The fourth-order valence-electron chi connectivity index (χ4n) is 2.61. The molecule has 0 radical (unpaired) electrons. The van der Waals surface area contributed by atoms with Crippen LogP contribution in [-0.4, -0.2) is 23.0 Å². The van der Waals surface area contributed by atoms with Crippen LogP contribution < -0.4 is 5.19 Å². The average molecular weight is 351 g/mol. The van der Waals surface area contributed by atoms with E-state index in [2.05, 4.69) is 84.2 Å². The Morgan fingerprint density at radius 1 is 0.957 bits per heavy atom. The minimum absolute atomic E-state index is 0.322. The Kier molecular flexibility index (Phi) is 7.30. The van der Waals surface area contributed by atoms with Crippen molar-refractivity contribution in [2.75, 3.05) is 6.61 Å². The van der Waals surface area contributed by atoms with Gasteiger partial charge in [-0.25, -0.2) is 0 Å². The van der Waals surface area contributed by atoms with Crippen LogP contribution in [0.2, 0.25) is 36.8 Å². The molecule has 1 aromatic carbocycles. The summed E-state index contributed by atoms with van der Waals surface area (Å²) in [6.45, 7) is 20.1. The van der Waals surface area contributed by atoms with Crippen LogP contribution in [0.1, 0.15) is 47.0 Å². The van der Waals surface area contributed by atoms with E-state index in [0.29, 0.717) is 5.04 Å². The van der Waals surface area contributed by atoms with Crippen molar-refractivity contribution in [2.24, 2.45) is 0 Å². The standard InChI is InChI=1S/C20H38OSi2/c1-18(22(5,6)19-15-10-9-11-16-19)14-12-13-17-21-23(7,8)20(2,3)4/h9-11,15-16,18H,12-14,17H2,1-8H3. The highest BCUT2D eigenvalue weighted by Gasteiger charge is 2.36. The maximum absolute atomic E-state index is 6.30. The van der Waals surface area contributed by atoms with Crippen molar-refractivity contribution >= 4 is 21.6 Å². The molecule has 0 bridgehead atoms. The van der Waals surface area contributed by atoms with Crippen LogP contribution in [0.3, 0.4) is 0 Å². The molecule has 0 aliphatic heterocycles. The Hall–Kier alpha value is -0.386. The largest absolute Gasteiger partial charge is 0.417 e. The first-order chi connectivity index (χ1) is 10.5. The first-order valence-electron chi connectivity index (χ1n) is 9.18. The van der Waals surface area contributed by atoms with E-state index in [1.54, 1.807) is 5.19 Å². The van der Waals surface area contributed by atoms with E-state index in [1.807, 2.05) is 0 Å². The Bertz CT molecular complexity index is 460. The third kappa shape index (κ3) is 5.88. The molecule has 1 unspecified atom stereocenters. The van der Waals surface area contributed by atoms with Crippen molar-refractivity contribution in [1.29, 1.82) is 0 Å². The summed E-state index contributed by atoms with van der Waals surface area (Å²) in [6, 6.07) is 11.1. The first-order valence-corrected chi connectivity index (χ1v) is 15.2. The van der Waals surface area contributed by atoms with Gasteiger partial charge in [0.05, 0.1) is 8.07 Å². The van der Waals surface area contributed by atoms with Gasteiger partial charge in [0.2, 0.25) is 0 Å². The summed E-state index contributed by atoms with van der Waals surface area (Å²) in [5, 5.41) is 1.91. The van der Waals surface area contributed by atoms with Crippen LogP contribution in [0.15, 0.2) is 30.3 Å². The fourth-order valence-corrected chi connectivity index (χ4v) is 6.24. The molecular weight excluding hydrogens is 312 g/mol. The lowest BCUT2D eigenvalue weighted by Gasteiger charge is -2.36. The highest BCUT2D eigenvalue weighted by Crippen LogP contribution is 2.36. The molecule has 1 rings (SSSR count). The van der Waals surface area contributed by atoms with E-state index in [9.17, 15) is 0 Å². The van der Waals surface area contributed by atoms with Gasteiger partial charge in [0.25, 0.3) is 0 Å². The van der Waals surface area contributed by atoms with E-state index in [1.165, 1.54) is 19.3 Å². The summed E-state index contributed by atoms with van der Waals surface area (Å²) in [4.78, 5) is 0. The Labute approximate surface area is 147 Å². The minimum atomic E-state index is -1.56. The van der Waals surface area contributed by atoms with Crippen molar-refractivity contribution in [3.05, 3.63) is 30.3 Å². The van der Waals surface area contributed by atoms with Gasteiger partial charge in [0.15, 0.2) is 8.32 Å². The zero-order chi connectivity index (χ0) is 17.7. The first kappa shape index (κ1) is 20.7. The summed E-state index contributed by atoms with van der Waals surface area (Å²) in [5.74, 6) is 0. The van der Waals surface area contributed by atoms with Gasteiger partial charge < -0.3 is 4.43 Å². The molecular formula is C20H38OSi2. The maximum atomic E-state index is 6.30. The number of hydrogen-bond acceptors (Lipinski definition) is 1. The second-order valence-corrected chi connectivity index (χ2v) is 18.9. The Balaban J connectivity index is 2.39. The van der Waals surface area contributed by atoms with Crippen molar-refractivity contribution < 1.29 is 4.43 Å². The Morgan fingerprint density at radius 2 is 1.52 bits per heavy atom. The predicted molar refractivity (Wildman–Crippen MR) is 110 cm³/mol. The third-order valence-corrected chi connectivity index (χ3v) is 15.2. The number of hydrogen-bond donors (Lipinski definition) is 0. The maximum Gasteiger partial charge on any atom is 0.191 e. The van der Waals surface area contributed by atoms with Gasteiger partial charge in [-0.2, -0.15) is 0 Å².